The molecule has 0 bridgehead atoms. The standard InChI is InChI=1S/C13H9ClO3S/c14-12-6-5-11(18-12)8-17-13(16)10-3-1-9(7-15)2-4-10/h1-7H,8H2. The molecule has 0 atom stereocenters. The lowest BCUT2D eigenvalue weighted by molar-refractivity contribution is 0.0476. The van der Waals surface area contributed by atoms with E-state index in [0.717, 1.165) is 11.2 Å². The first kappa shape index (κ1) is 12.8. The predicted molar refractivity (Wildman–Crippen MR) is 70.3 cm³/mol. The van der Waals surface area contributed by atoms with E-state index in [2.05, 4.69) is 0 Å². The van der Waals surface area contributed by atoms with Crippen molar-refractivity contribution in [2.24, 2.45) is 0 Å². The maximum absolute atomic E-state index is 11.7. The van der Waals surface area contributed by atoms with E-state index < -0.39 is 5.97 Å². The average molecular weight is 281 g/mol. The van der Waals surface area contributed by atoms with E-state index in [1.165, 1.54) is 11.3 Å². The molecule has 2 aromatic rings. The number of carbonyl (C=O) groups excluding carboxylic acids is 2. The molecule has 0 unspecified atom stereocenters. The number of benzene rings is 1. The molecule has 0 radical (unpaired) electrons. The van der Waals surface area contributed by atoms with Crippen LogP contribution in [0.4, 0.5) is 0 Å². The van der Waals surface area contributed by atoms with Crippen LogP contribution in [0.15, 0.2) is 36.4 Å². The number of rotatable bonds is 4. The van der Waals surface area contributed by atoms with Crippen LogP contribution in [-0.2, 0) is 11.3 Å². The van der Waals surface area contributed by atoms with Gasteiger partial charge in [0.25, 0.3) is 0 Å². The van der Waals surface area contributed by atoms with Crippen LogP contribution in [0.1, 0.15) is 25.6 Å². The summed E-state index contributed by atoms with van der Waals surface area (Å²) in [6.45, 7) is 0.200. The van der Waals surface area contributed by atoms with Crippen molar-refractivity contribution in [2.45, 2.75) is 6.61 Å². The van der Waals surface area contributed by atoms with Crippen LogP contribution in [-0.4, -0.2) is 12.3 Å². The summed E-state index contributed by atoms with van der Waals surface area (Å²) in [5.41, 5.74) is 0.944. The molecule has 1 aromatic carbocycles. The Labute approximate surface area is 113 Å². The Bertz CT molecular complexity index is 560. The van der Waals surface area contributed by atoms with Gasteiger partial charge in [0.15, 0.2) is 0 Å². The van der Waals surface area contributed by atoms with Gasteiger partial charge in [0.2, 0.25) is 0 Å². The third-order valence-corrected chi connectivity index (χ3v) is 3.46. The number of carbonyl (C=O) groups is 2. The molecular formula is C13H9ClO3S. The highest BCUT2D eigenvalue weighted by molar-refractivity contribution is 7.16. The Balaban J connectivity index is 1.96. The molecule has 1 aromatic heterocycles. The van der Waals surface area contributed by atoms with Crippen LogP contribution in [0, 0.1) is 0 Å². The third kappa shape index (κ3) is 3.18. The Morgan fingerprint density at radius 3 is 2.50 bits per heavy atom. The first-order valence-corrected chi connectivity index (χ1v) is 6.35. The minimum atomic E-state index is -0.419. The second-order valence-electron chi connectivity index (χ2n) is 3.52. The maximum Gasteiger partial charge on any atom is 0.338 e. The fraction of sp³-hybridized carbons (Fsp3) is 0.0769. The molecule has 2 rings (SSSR count). The Morgan fingerprint density at radius 1 is 1.22 bits per heavy atom. The van der Waals surface area contributed by atoms with Crippen molar-refractivity contribution in [3.63, 3.8) is 0 Å². The van der Waals surface area contributed by atoms with E-state index in [1.807, 2.05) is 6.07 Å². The zero-order valence-electron chi connectivity index (χ0n) is 9.26. The van der Waals surface area contributed by atoms with E-state index in [-0.39, 0.29) is 6.61 Å². The zero-order valence-corrected chi connectivity index (χ0v) is 10.8. The molecule has 0 saturated heterocycles. The quantitative estimate of drug-likeness (QED) is 0.635. The molecule has 18 heavy (non-hydrogen) atoms. The van der Waals surface area contributed by atoms with Crippen LogP contribution in [0.5, 0.6) is 0 Å². The van der Waals surface area contributed by atoms with E-state index in [4.69, 9.17) is 16.3 Å². The van der Waals surface area contributed by atoms with Gasteiger partial charge in [-0.2, -0.15) is 0 Å². The van der Waals surface area contributed by atoms with E-state index >= 15 is 0 Å². The molecule has 0 aliphatic rings. The van der Waals surface area contributed by atoms with Crippen LogP contribution >= 0.6 is 22.9 Å². The molecule has 0 fully saturated rings. The fourth-order valence-electron chi connectivity index (χ4n) is 1.35. The average Bonchev–Trinajstić information content (AvgIpc) is 2.82. The largest absolute Gasteiger partial charge is 0.456 e. The van der Waals surface area contributed by atoms with E-state index in [9.17, 15) is 9.59 Å². The highest BCUT2D eigenvalue weighted by Gasteiger charge is 2.08. The van der Waals surface area contributed by atoms with Gasteiger partial charge in [-0.15, -0.1) is 11.3 Å². The molecule has 92 valence electrons. The molecule has 1 heterocycles. The van der Waals surface area contributed by atoms with Crippen LogP contribution in [0.2, 0.25) is 4.34 Å². The molecule has 0 amide bonds. The SMILES string of the molecule is O=Cc1ccc(C(=O)OCc2ccc(Cl)s2)cc1. The molecule has 0 N–H and O–H groups in total. The normalized spacial score (nSPS) is 10.1. The smallest absolute Gasteiger partial charge is 0.338 e. The summed E-state index contributed by atoms with van der Waals surface area (Å²) in [7, 11) is 0. The van der Waals surface area contributed by atoms with Crippen LogP contribution in [0.3, 0.4) is 0 Å². The molecule has 3 nitrogen and oxygen atoms in total. The summed E-state index contributed by atoms with van der Waals surface area (Å²) in [5, 5.41) is 0. The minimum Gasteiger partial charge on any atom is -0.456 e. The molecule has 0 spiro atoms. The van der Waals surface area contributed by atoms with Gasteiger partial charge in [0.1, 0.15) is 12.9 Å². The number of halogens is 1. The summed E-state index contributed by atoms with van der Waals surface area (Å²) in [6, 6.07) is 9.85. The van der Waals surface area contributed by atoms with E-state index in [0.29, 0.717) is 15.5 Å². The topological polar surface area (TPSA) is 43.4 Å². The lowest BCUT2D eigenvalue weighted by atomic mass is 10.1. The van der Waals surface area contributed by atoms with Crippen LogP contribution < -0.4 is 0 Å². The summed E-state index contributed by atoms with van der Waals surface area (Å²) in [6.07, 6.45) is 0.725. The molecule has 0 aliphatic carbocycles. The maximum atomic E-state index is 11.7. The third-order valence-electron chi connectivity index (χ3n) is 2.26. The summed E-state index contributed by atoms with van der Waals surface area (Å²) >= 11 is 7.14. The Kier molecular flexibility index (Phi) is 4.12. The highest BCUT2D eigenvalue weighted by Crippen LogP contribution is 2.22. The van der Waals surface area contributed by atoms with Crippen molar-refractivity contribution in [3.05, 3.63) is 56.7 Å². The van der Waals surface area contributed by atoms with Crippen molar-refractivity contribution in [2.75, 3.05) is 0 Å². The number of thiophene rings is 1. The highest BCUT2D eigenvalue weighted by atomic mass is 35.5. The summed E-state index contributed by atoms with van der Waals surface area (Å²) < 4.78 is 5.79. The van der Waals surface area contributed by atoms with Gasteiger partial charge >= 0.3 is 5.97 Å². The van der Waals surface area contributed by atoms with Gasteiger partial charge in [-0.05, 0) is 24.3 Å². The number of hydrogen-bond acceptors (Lipinski definition) is 4. The number of esters is 1. The Morgan fingerprint density at radius 2 is 1.94 bits per heavy atom. The first-order valence-electron chi connectivity index (χ1n) is 5.15. The molecule has 0 saturated carbocycles. The van der Waals surface area contributed by atoms with Crippen molar-refractivity contribution >= 4 is 35.2 Å². The summed E-state index contributed by atoms with van der Waals surface area (Å²) in [4.78, 5) is 23.0. The lowest BCUT2D eigenvalue weighted by Gasteiger charge is -2.03. The van der Waals surface area contributed by atoms with Crippen molar-refractivity contribution in [1.82, 2.24) is 0 Å². The van der Waals surface area contributed by atoms with Gasteiger partial charge in [-0.1, -0.05) is 23.7 Å². The van der Waals surface area contributed by atoms with Gasteiger partial charge in [-0.3, -0.25) is 4.79 Å². The zero-order chi connectivity index (χ0) is 13.0. The van der Waals surface area contributed by atoms with Crippen LogP contribution in [0.25, 0.3) is 0 Å². The monoisotopic (exact) mass is 280 g/mol. The Hall–Kier alpha value is -1.65. The second-order valence-corrected chi connectivity index (χ2v) is 5.32. The first-order chi connectivity index (χ1) is 8.69. The van der Waals surface area contributed by atoms with Crippen molar-refractivity contribution in [3.8, 4) is 0 Å². The van der Waals surface area contributed by atoms with Gasteiger partial charge < -0.3 is 4.74 Å². The molecular weight excluding hydrogens is 272 g/mol. The predicted octanol–water partition coefficient (Wildman–Crippen LogP) is 3.57. The minimum absolute atomic E-state index is 0.200. The summed E-state index contributed by atoms with van der Waals surface area (Å²) in [5.74, 6) is -0.419. The van der Waals surface area contributed by atoms with Gasteiger partial charge in [0.05, 0.1) is 9.90 Å². The molecule has 5 heteroatoms. The van der Waals surface area contributed by atoms with E-state index in [1.54, 1.807) is 30.3 Å². The number of aldehydes is 1. The number of hydrogen-bond donors (Lipinski definition) is 0. The fourth-order valence-corrected chi connectivity index (χ4v) is 2.35. The lowest BCUT2D eigenvalue weighted by Crippen LogP contribution is -2.04. The number of ether oxygens (including phenoxy) is 1. The second kappa shape index (κ2) is 5.80. The van der Waals surface area contributed by atoms with Gasteiger partial charge in [-0.25, -0.2) is 4.79 Å². The van der Waals surface area contributed by atoms with Crippen molar-refractivity contribution in [1.29, 1.82) is 0 Å². The van der Waals surface area contributed by atoms with Gasteiger partial charge in [0, 0.05) is 10.4 Å². The molecule has 0 aliphatic heterocycles. The van der Waals surface area contributed by atoms with Crippen molar-refractivity contribution < 1.29 is 14.3 Å².